The van der Waals surface area contributed by atoms with Crippen molar-refractivity contribution in [2.45, 2.75) is 52.0 Å². The molecule has 182 valence electrons. The topological polar surface area (TPSA) is 91.8 Å². The van der Waals surface area contributed by atoms with Gasteiger partial charge in [0, 0.05) is 17.7 Å². The first-order valence-corrected chi connectivity index (χ1v) is 13.9. The molecule has 2 aromatic heterocycles. The molecule has 3 aromatic rings. The Kier molecular flexibility index (Phi) is 6.76. The summed E-state index contributed by atoms with van der Waals surface area (Å²) < 4.78 is 38.4. The monoisotopic (exact) mass is 488 g/mol. The molecule has 3 heterocycles. The maximum atomic E-state index is 15.3. The van der Waals surface area contributed by atoms with Gasteiger partial charge in [-0.05, 0) is 36.4 Å². The molecule has 0 aliphatic carbocycles. The summed E-state index contributed by atoms with van der Waals surface area (Å²) in [6.07, 6.45) is 2.16. The Morgan fingerprint density at radius 1 is 1.26 bits per heavy atom. The third-order valence-electron chi connectivity index (χ3n) is 5.30. The van der Waals surface area contributed by atoms with Crippen LogP contribution in [0.4, 0.5) is 14.9 Å². The minimum absolute atomic E-state index is 0.114. The standard InChI is InChI=1S/C23H29FN4O5Si/c1-23(2,3)19-12-28(20(25-19)14-32-34(4)5)18-7-6-15(10-17(18)24)27-11-16(33-22(27)29)13-30-21-8-9-31-26-21/h6-10,12,16,34H,11,13-14H2,1-5H3/t16-/m1/s1. The van der Waals surface area contributed by atoms with Crippen molar-refractivity contribution in [3.05, 3.63) is 54.1 Å². The third kappa shape index (κ3) is 5.31. The van der Waals surface area contributed by atoms with Crippen molar-refractivity contribution >= 4 is 20.8 Å². The lowest BCUT2D eigenvalue weighted by Crippen LogP contribution is -2.26. The van der Waals surface area contributed by atoms with Crippen LogP contribution in [0, 0.1) is 5.82 Å². The van der Waals surface area contributed by atoms with E-state index in [1.165, 1.54) is 17.2 Å². The molecule has 1 aliphatic heterocycles. The van der Waals surface area contributed by atoms with Gasteiger partial charge >= 0.3 is 6.09 Å². The summed E-state index contributed by atoms with van der Waals surface area (Å²) in [5.74, 6) is 0.469. The van der Waals surface area contributed by atoms with E-state index in [0.29, 0.717) is 29.7 Å². The largest absolute Gasteiger partial charge is 0.471 e. The van der Waals surface area contributed by atoms with E-state index in [4.69, 9.17) is 23.4 Å². The molecule has 4 rings (SSSR count). The fourth-order valence-corrected chi connectivity index (χ4v) is 3.95. The molecule has 11 heteroatoms. The number of benzene rings is 1. The zero-order valence-corrected chi connectivity index (χ0v) is 21.1. The van der Waals surface area contributed by atoms with Crippen LogP contribution in [0.2, 0.25) is 13.1 Å². The van der Waals surface area contributed by atoms with Crippen LogP contribution >= 0.6 is 0 Å². The Morgan fingerprint density at radius 2 is 2.06 bits per heavy atom. The van der Waals surface area contributed by atoms with E-state index in [1.54, 1.807) is 22.8 Å². The second-order valence-corrected chi connectivity index (χ2v) is 11.9. The van der Waals surface area contributed by atoms with E-state index < -0.39 is 27.1 Å². The number of ether oxygens (including phenoxy) is 2. The molecule has 1 aliphatic rings. The van der Waals surface area contributed by atoms with Gasteiger partial charge in [0.25, 0.3) is 5.88 Å². The van der Waals surface area contributed by atoms with Crippen LogP contribution in [-0.4, -0.2) is 49.1 Å². The van der Waals surface area contributed by atoms with Gasteiger partial charge in [0.05, 0.1) is 30.2 Å². The lowest BCUT2D eigenvalue weighted by molar-refractivity contribution is 0.102. The normalized spacial score (nSPS) is 16.4. The quantitative estimate of drug-likeness (QED) is 0.439. The second kappa shape index (κ2) is 9.59. The Labute approximate surface area is 199 Å². The zero-order valence-electron chi connectivity index (χ0n) is 19.9. The Hall–Kier alpha value is -3.18. The summed E-state index contributed by atoms with van der Waals surface area (Å²) in [5, 5.41) is 3.65. The van der Waals surface area contributed by atoms with Crippen LogP contribution in [-0.2, 0) is 21.2 Å². The number of amides is 1. The van der Waals surface area contributed by atoms with E-state index in [-0.39, 0.29) is 18.6 Å². The van der Waals surface area contributed by atoms with Gasteiger partial charge in [-0.1, -0.05) is 20.8 Å². The van der Waals surface area contributed by atoms with E-state index in [2.05, 4.69) is 39.0 Å². The Morgan fingerprint density at radius 3 is 2.71 bits per heavy atom. The number of rotatable bonds is 8. The highest BCUT2D eigenvalue weighted by Gasteiger charge is 2.33. The molecule has 34 heavy (non-hydrogen) atoms. The van der Waals surface area contributed by atoms with Gasteiger partial charge in [0.15, 0.2) is 15.1 Å². The fraction of sp³-hybridized carbons (Fsp3) is 0.435. The van der Waals surface area contributed by atoms with Gasteiger partial charge in [-0.25, -0.2) is 14.2 Å². The van der Waals surface area contributed by atoms with Crippen LogP contribution < -0.4 is 9.64 Å². The van der Waals surface area contributed by atoms with Crippen molar-refractivity contribution in [2.24, 2.45) is 0 Å². The van der Waals surface area contributed by atoms with Gasteiger partial charge in [-0.15, -0.1) is 0 Å². The molecule has 0 radical (unpaired) electrons. The summed E-state index contributed by atoms with van der Waals surface area (Å²) in [4.78, 5) is 18.5. The summed E-state index contributed by atoms with van der Waals surface area (Å²) in [6.45, 7) is 11.0. The van der Waals surface area contributed by atoms with Crippen molar-refractivity contribution < 1.29 is 27.6 Å². The summed E-state index contributed by atoms with van der Waals surface area (Å²) in [6, 6.07) is 6.23. The smallest absolute Gasteiger partial charge is 0.414 e. The predicted octanol–water partition coefficient (Wildman–Crippen LogP) is 4.20. The maximum Gasteiger partial charge on any atom is 0.414 e. The van der Waals surface area contributed by atoms with Gasteiger partial charge in [0.2, 0.25) is 0 Å². The molecular weight excluding hydrogens is 459 g/mol. The number of cyclic esters (lactones) is 1. The summed E-state index contributed by atoms with van der Waals surface area (Å²) in [5.41, 5.74) is 1.39. The predicted molar refractivity (Wildman–Crippen MR) is 126 cm³/mol. The molecule has 0 N–H and O–H groups in total. The number of carbonyl (C=O) groups is 1. The maximum absolute atomic E-state index is 15.3. The van der Waals surface area contributed by atoms with Crippen LogP contribution in [0.25, 0.3) is 5.69 Å². The van der Waals surface area contributed by atoms with Crippen molar-refractivity contribution in [2.75, 3.05) is 18.1 Å². The van der Waals surface area contributed by atoms with Crippen molar-refractivity contribution in [3.8, 4) is 11.6 Å². The number of nitrogens with zero attached hydrogens (tertiary/aromatic N) is 4. The van der Waals surface area contributed by atoms with Gasteiger partial charge in [0.1, 0.15) is 24.5 Å². The van der Waals surface area contributed by atoms with E-state index in [9.17, 15) is 4.79 Å². The second-order valence-electron chi connectivity index (χ2n) is 9.42. The van der Waals surface area contributed by atoms with Gasteiger partial charge in [-0.3, -0.25) is 9.47 Å². The fourth-order valence-electron chi connectivity index (χ4n) is 3.46. The number of anilines is 1. The first kappa shape index (κ1) is 24.0. The van der Waals surface area contributed by atoms with Crippen molar-refractivity contribution in [1.82, 2.24) is 14.7 Å². The molecule has 1 saturated heterocycles. The first-order valence-electron chi connectivity index (χ1n) is 11.1. The minimum atomic E-state index is -1.28. The number of aromatic nitrogens is 3. The Balaban J connectivity index is 1.54. The van der Waals surface area contributed by atoms with Crippen LogP contribution in [0.15, 0.2) is 41.2 Å². The highest BCUT2D eigenvalue weighted by molar-refractivity contribution is 6.48. The number of carbonyl (C=O) groups excluding carboxylic acids is 1. The number of hydrogen-bond acceptors (Lipinski definition) is 7. The van der Waals surface area contributed by atoms with Crippen LogP contribution in [0.1, 0.15) is 32.3 Å². The zero-order chi connectivity index (χ0) is 24.5. The summed E-state index contributed by atoms with van der Waals surface area (Å²) >= 11 is 0. The van der Waals surface area contributed by atoms with Crippen molar-refractivity contribution in [3.63, 3.8) is 0 Å². The minimum Gasteiger partial charge on any atom is -0.471 e. The third-order valence-corrected chi connectivity index (χ3v) is 6.13. The van der Waals surface area contributed by atoms with Gasteiger partial charge < -0.3 is 18.4 Å². The molecule has 1 aromatic carbocycles. The molecule has 0 bridgehead atoms. The van der Waals surface area contributed by atoms with Crippen molar-refractivity contribution in [1.29, 1.82) is 0 Å². The average molecular weight is 489 g/mol. The first-order chi connectivity index (χ1) is 16.1. The molecule has 1 fully saturated rings. The van der Waals surface area contributed by atoms with E-state index in [0.717, 1.165) is 5.69 Å². The number of imidazole rings is 1. The van der Waals surface area contributed by atoms with Gasteiger partial charge in [-0.2, -0.15) is 0 Å². The van der Waals surface area contributed by atoms with E-state index >= 15 is 4.39 Å². The molecule has 1 amide bonds. The van der Waals surface area contributed by atoms with Crippen LogP contribution in [0.3, 0.4) is 0 Å². The average Bonchev–Trinajstić information content (AvgIpc) is 3.50. The lowest BCUT2D eigenvalue weighted by atomic mass is 9.93. The number of hydrogen-bond donors (Lipinski definition) is 0. The lowest BCUT2D eigenvalue weighted by Gasteiger charge is -2.16. The molecule has 0 unspecified atom stereocenters. The SMILES string of the molecule is C[SiH](C)OCc1nc(C(C)(C)C)cn1-c1ccc(N2C[C@H](COc3ccon3)OC2=O)cc1F. The molecular formula is C23H29FN4O5Si. The highest BCUT2D eigenvalue weighted by atomic mass is 28.3. The highest BCUT2D eigenvalue weighted by Crippen LogP contribution is 2.29. The molecule has 0 spiro atoms. The Bertz CT molecular complexity index is 1140. The number of halogens is 1. The van der Waals surface area contributed by atoms with Crippen LogP contribution in [0.5, 0.6) is 5.88 Å². The van der Waals surface area contributed by atoms with E-state index in [1.807, 2.05) is 6.20 Å². The summed E-state index contributed by atoms with van der Waals surface area (Å²) in [7, 11) is -1.28. The molecule has 9 nitrogen and oxygen atoms in total. The molecule has 1 atom stereocenters. The molecule has 0 saturated carbocycles.